The number of carbonyl (C=O) groups excluding carboxylic acids is 1. The summed E-state index contributed by atoms with van der Waals surface area (Å²) in [7, 11) is 1.53. The van der Waals surface area contributed by atoms with Crippen LogP contribution in [0.2, 0.25) is 0 Å². The minimum absolute atomic E-state index is 0.0114. The van der Waals surface area contributed by atoms with Crippen LogP contribution in [-0.2, 0) is 11.3 Å². The summed E-state index contributed by atoms with van der Waals surface area (Å²) in [4.78, 5) is 30.1. The van der Waals surface area contributed by atoms with Crippen LogP contribution in [0.3, 0.4) is 0 Å². The molecule has 0 bridgehead atoms. The van der Waals surface area contributed by atoms with E-state index in [0.29, 0.717) is 11.0 Å². The molecule has 2 heterocycles. The minimum atomic E-state index is -0.226. The molecule has 6 nitrogen and oxygen atoms in total. The van der Waals surface area contributed by atoms with Crippen LogP contribution in [0.25, 0.3) is 11.0 Å². The standard InChI is InChI=1S/C10H12N4O2/c1-6-3-7-9(13-6)12-5-14(10(7)16)4-8(15)11-2/h3,5,13H,4H2,1-2H3,(H,11,15). The van der Waals surface area contributed by atoms with E-state index in [4.69, 9.17) is 0 Å². The zero-order valence-corrected chi connectivity index (χ0v) is 9.07. The Balaban J connectivity index is 2.52. The lowest BCUT2D eigenvalue weighted by Crippen LogP contribution is -2.30. The number of amides is 1. The molecule has 0 aliphatic heterocycles. The highest BCUT2D eigenvalue weighted by molar-refractivity contribution is 5.77. The van der Waals surface area contributed by atoms with Gasteiger partial charge in [0.25, 0.3) is 5.56 Å². The van der Waals surface area contributed by atoms with Crippen molar-refractivity contribution in [1.82, 2.24) is 19.9 Å². The number of carbonyl (C=O) groups is 1. The second kappa shape index (κ2) is 3.80. The Bertz CT molecular complexity index is 596. The van der Waals surface area contributed by atoms with E-state index in [9.17, 15) is 9.59 Å². The largest absolute Gasteiger partial charge is 0.358 e. The quantitative estimate of drug-likeness (QED) is 0.734. The Morgan fingerprint density at radius 1 is 1.62 bits per heavy atom. The number of fused-ring (bicyclic) bond motifs is 1. The number of nitrogens with zero attached hydrogens (tertiary/aromatic N) is 2. The SMILES string of the molecule is CNC(=O)Cn1cnc2[nH]c(C)cc2c1=O. The monoisotopic (exact) mass is 220 g/mol. The molecule has 0 spiro atoms. The summed E-state index contributed by atoms with van der Waals surface area (Å²) >= 11 is 0. The first-order valence-electron chi connectivity index (χ1n) is 4.87. The molecule has 0 unspecified atom stereocenters. The lowest BCUT2D eigenvalue weighted by atomic mass is 10.3. The molecule has 0 atom stereocenters. The summed E-state index contributed by atoms with van der Waals surface area (Å²) in [5.41, 5.74) is 1.21. The summed E-state index contributed by atoms with van der Waals surface area (Å²) in [6.07, 6.45) is 1.37. The minimum Gasteiger partial charge on any atom is -0.358 e. The zero-order chi connectivity index (χ0) is 11.7. The second-order valence-corrected chi connectivity index (χ2v) is 3.57. The van der Waals surface area contributed by atoms with Crippen molar-refractivity contribution >= 4 is 16.9 Å². The van der Waals surface area contributed by atoms with Gasteiger partial charge in [-0.05, 0) is 13.0 Å². The van der Waals surface area contributed by atoms with Gasteiger partial charge in [-0.3, -0.25) is 14.2 Å². The highest BCUT2D eigenvalue weighted by Gasteiger charge is 2.08. The maximum absolute atomic E-state index is 11.9. The number of rotatable bonds is 2. The average molecular weight is 220 g/mol. The number of H-pyrrole nitrogens is 1. The lowest BCUT2D eigenvalue weighted by molar-refractivity contribution is -0.121. The number of likely N-dealkylation sites (N-methyl/N-ethyl adjacent to an activating group) is 1. The van der Waals surface area contributed by atoms with E-state index in [1.165, 1.54) is 17.9 Å². The van der Waals surface area contributed by atoms with Crippen LogP contribution in [-0.4, -0.2) is 27.5 Å². The van der Waals surface area contributed by atoms with Crippen molar-refractivity contribution in [3.8, 4) is 0 Å². The summed E-state index contributed by atoms with van der Waals surface area (Å²) in [6.45, 7) is 1.84. The van der Waals surface area contributed by atoms with Crippen molar-refractivity contribution < 1.29 is 4.79 Å². The smallest absolute Gasteiger partial charge is 0.263 e. The highest BCUT2D eigenvalue weighted by Crippen LogP contribution is 2.06. The summed E-state index contributed by atoms with van der Waals surface area (Å²) in [6, 6.07) is 1.73. The number of aromatic nitrogens is 3. The van der Waals surface area contributed by atoms with Gasteiger partial charge in [0.2, 0.25) is 5.91 Å². The fourth-order valence-corrected chi connectivity index (χ4v) is 1.52. The molecule has 0 aliphatic carbocycles. The number of nitrogens with one attached hydrogen (secondary N) is 2. The predicted octanol–water partition coefficient (Wildman–Crippen LogP) is -0.221. The van der Waals surface area contributed by atoms with Crippen molar-refractivity contribution in [3.63, 3.8) is 0 Å². The van der Waals surface area contributed by atoms with Gasteiger partial charge in [-0.2, -0.15) is 0 Å². The van der Waals surface area contributed by atoms with E-state index >= 15 is 0 Å². The Morgan fingerprint density at radius 2 is 2.38 bits per heavy atom. The molecule has 2 rings (SSSR count). The molecule has 84 valence electrons. The first kappa shape index (κ1) is 10.4. The normalized spacial score (nSPS) is 10.6. The van der Waals surface area contributed by atoms with E-state index in [0.717, 1.165) is 5.69 Å². The summed E-state index contributed by atoms with van der Waals surface area (Å²) in [5, 5.41) is 2.96. The first-order chi connectivity index (χ1) is 7.61. The molecule has 0 fully saturated rings. The van der Waals surface area contributed by atoms with Crippen LogP contribution in [0.15, 0.2) is 17.2 Å². The van der Waals surface area contributed by atoms with Gasteiger partial charge < -0.3 is 10.3 Å². The Hall–Kier alpha value is -2.11. The molecule has 0 radical (unpaired) electrons. The number of aromatic amines is 1. The van der Waals surface area contributed by atoms with Gasteiger partial charge in [-0.15, -0.1) is 0 Å². The molecule has 6 heteroatoms. The van der Waals surface area contributed by atoms with E-state index in [2.05, 4.69) is 15.3 Å². The van der Waals surface area contributed by atoms with E-state index in [1.807, 2.05) is 6.92 Å². The molecular weight excluding hydrogens is 208 g/mol. The van der Waals surface area contributed by atoms with Gasteiger partial charge in [-0.1, -0.05) is 0 Å². The van der Waals surface area contributed by atoms with Gasteiger partial charge in [0.05, 0.1) is 5.39 Å². The van der Waals surface area contributed by atoms with Crippen LogP contribution in [0.5, 0.6) is 0 Å². The van der Waals surface area contributed by atoms with Crippen LogP contribution < -0.4 is 10.9 Å². The van der Waals surface area contributed by atoms with Crippen LogP contribution in [0.4, 0.5) is 0 Å². The maximum atomic E-state index is 11.9. The molecule has 0 aromatic carbocycles. The molecule has 2 N–H and O–H groups in total. The number of aryl methyl sites for hydroxylation is 1. The molecule has 16 heavy (non-hydrogen) atoms. The topological polar surface area (TPSA) is 79.8 Å². The molecule has 0 aliphatic rings. The van der Waals surface area contributed by atoms with E-state index in [1.54, 1.807) is 6.07 Å². The number of hydrogen-bond acceptors (Lipinski definition) is 3. The first-order valence-corrected chi connectivity index (χ1v) is 4.87. The van der Waals surface area contributed by atoms with Gasteiger partial charge in [0.1, 0.15) is 18.5 Å². The Kier molecular flexibility index (Phi) is 2.47. The Labute approximate surface area is 91.3 Å². The highest BCUT2D eigenvalue weighted by atomic mass is 16.2. The third kappa shape index (κ3) is 1.69. The van der Waals surface area contributed by atoms with Crippen molar-refractivity contribution in [3.05, 3.63) is 28.4 Å². The van der Waals surface area contributed by atoms with Crippen LogP contribution in [0, 0.1) is 6.92 Å². The molecular formula is C10H12N4O2. The zero-order valence-electron chi connectivity index (χ0n) is 9.07. The van der Waals surface area contributed by atoms with Crippen molar-refractivity contribution in [2.75, 3.05) is 7.05 Å². The van der Waals surface area contributed by atoms with Crippen molar-refractivity contribution in [2.45, 2.75) is 13.5 Å². The summed E-state index contributed by atoms with van der Waals surface area (Å²) < 4.78 is 1.29. The Morgan fingerprint density at radius 3 is 3.06 bits per heavy atom. The van der Waals surface area contributed by atoms with Gasteiger partial charge in [-0.25, -0.2) is 4.98 Å². The lowest BCUT2D eigenvalue weighted by Gasteiger charge is -2.03. The molecule has 0 saturated carbocycles. The third-order valence-electron chi connectivity index (χ3n) is 2.34. The van der Waals surface area contributed by atoms with Crippen molar-refractivity contribution in [2.24, 2.45) is 0 Å². The molecule has 2 aromatic heterocycles. The fourth-order valence-electron chi connectivity index (χ4n) is 1.52. The third-order valence-corrected chi connectivity index (χ3v) is 2.34. The second-order valence-electron chi connectivity index (χ2n) is 3.57. The van der Waals surface area contributed by atoms with Gasteiger partial charge in [0.15, 0.2) is 0 Å². The average Bonchev–Trinajstić information content (AvgIpc) is 2.64. The maximum Gasteiger partial charge on any atom is 0.263 e. The van der Waals surface area contributed by atoms with Crippen molar-refractivity contribution in [1.29, 1.82) is 0 Å². The van der Waals surface area contributed by atoms with Crippen LogP contribution in [0.1, 0.15) is 5.69 Å². The van der Waals surface area contributed by atoms with E-state index < -0.39 is 0 Å². The van der Waals surface area contributed by atoms with Crippen LogP contribution >= 0.6 is 0 Å². The molecule has 1 amide bonds. The van der Waals surface area contributed by atoms with E-state index in [-0.39, 0.29) is 18.0 Å². The number of hydrogen-bond donors (Lipinski definition) is 2. The van der Waals surface area contributed by atoms with Gasteiger partial charge >= 0.3 is 0 Å². The fraction of sp³-hybridized carbons (Fsp3) is 0.300. The van der Waals surface area contributed by atoms with Gasteiger partial charge in [0, 0.05) is 12.7 Å². The predicted molar refractivity (Wildman–Crippen MR) is 59.2 cm³/mol. The molecule has 2 aromatic rings. The summed E-state index contributed by atoms with van der Waals surface area (Å²) in [5.74, 6) is -0.226. The molecule has 0 saturated heterocycles.